The molecule has 2 amide bonds. The summed E-state index contributed by atoms with van der Waals surface area (Å²) in [7, 11) is 0. The summed E-state index contributed by atoms with van der Waals surface area (Å²) in [5.74, 6) is 0.732. The van der Waals surface area contributed by atoms with Crippen LogP contribution in [0.15, 0.2) is 42.5 Å². The van der Waals surface area contributed by atoms with Crippen LogP contribution in [-0.4, -0.2) is 66.5 Å². The highest BCUT2D eigenvalue weighted by Gasteiger charge is 2.73. The van der Waals surface area contributed by atoms with Crippen molar-refractivity contribution in [2.24, 2.45) is 91.2 Å². The standard InChI is InChI=1S/C60H88N2O8/c1-13-68-50(64)38-24-31-62(32-25-38)49(63)41-34-46(55(41,6)7)61-53(67)60-28-21-39(36(2)3)48(60)40-19-20-45-57(10)26-23-47(56(8,9)44(57)22-27-59(45,12)58(40,11)29-30-60)70-52(66)43-33-42(54(43,4)5)51(65)69-35-37-17-15-14-16-18-37/h14-18,38-48H,2,13,19-35H2,1,3-12H3,(H,61,67)/t39?,40-,41?,42+,43-,44+,45-,46?,47+,48-,57+,58-,59-,60+/m1/s1. The van der Waals surface area contributed by atoms with E-state index < -0.39 is 10.8 Å². The molecular weight excluding hydrogens is 877 g/mol. The number of benzene rings is 1. The molecule has 70 heavy (non-hydrogen) atoms. The van der Waals surface area contributed by atoms with Crippen molar-refractivity contribution in [1.82, 2.24) is 10.2 Å². The number of nitrogens with one attached hydrogen (secondary N) is 1. The van der Waals surface area contributed by atoms with Crippen LogP contribution >= 0.6 is 0 Å². The molecule has 386 valence electrons. The zero-order valence-corrected chi connectivity index (χ0v) is 44.9. The van der Waals surface area contributed by atoms with Crippen LogP contribution in [0.25, 0.3) is 0 Å². The number of likely N-dealkylation sites (tertiary alicyclic amines) is 1. The van der Waals surface area contributed by atoms with Gasteiger partial charge in [0.05, 0.1) is 29.8 Å². The molecule has 1 saturated heterocycles. The molecule has 7 saturated carbocycles. The van der Waals surface area contributed by atoms with E-state index in [0.29, 0.717) is 69.1 Å². The number of rotatable bonds is 11. The van der Waals surface area contributed by atoms with Crippen molar-refractivity contribution in [3.05, 3.63) is 48.0 Å². The van der Waals surface area contributed by atoms with Gasteiger partial charge in [-0.2, -0.15) is 0 Å². The number of carbonyl (C=O) groups is 5. The molecule has 8 aliphatic rings. The molecule has 9 rings (SSSR count). The van der Waals surface area contributed by atoms with E-state index >= 15 is 4.79 Å². The van der Waals surface area contributed by atoms with E-state index in [2.05, 4.69) is 67.3 Å². The Hall–Kier alpha value is -3.69. The molecule has 7 aliphatic carbocycles. The molecule has 8 fully saturated rings. The van der Waals surface area contributed by atoms with Crippen molar-refractivity contribution in [2.45, 2.75) is 185 Å². The van der Waals surface area contributed by atoms with Gasteiger partial charge in [0.25, 0.3) is 0 Å². The normalized spacial score (nSPS) is 41.1. The fourth-order valence-corrected chi connectivity index (χ4v) is 18.2. The van der Waals surface area contributed by atoms with E-state index in [1.54, 1.807) is 0 Å². The van der Waals surface area contributed by atoms with E-state index in [1.165, 1.54) is 5.57 Å². The first-order chi connectivity index (χ1) is 32.9. The van der Waals surface area contributed by atoms with Gasteiger partial charge in [-0.15, -0.1) is 0 Å². The third-order valence-corrected chi connectivity index (χ3v) is 23.1. The van der Waals surface area contributed by atoms with Crippen molar-refractivity contribution in [2.75, 3.05) is 19.7 Å². The molecule has 1 aromatic carbocycles. The van der Waals surface area contributed by atoms with E-state index in [1.807, 2.05) is 56.0 Å². The number of hydrogen-bond acceptors (Lipinski definition) is 8. The molecule has 14 atom stereocenters. The first-order valence-electron chi connectivity index (χ1n) is 27.7. The fourth-order valence-electron chi connectivity index (χ4n) is 18.2. The van der Waals surface area contributed by atoms with Crippen LogP contribution in [0.3, 0.4) is 0 Å². The molecule has 1 aliphatic heterocycles. The number of piperidine rings is 1. The van der Waals surface area contributed by atoms with Gasteiger partial charge in [0.15, 0.2) is 0 Å². The number of amides is 2. The second-order valence-electron chi connectivity index (χ2n) is 26.9. The molecule has 10 nitrogen and oxygen atoms in total. The third-order valence-electron chi connectivity index (χ3n) is 23.1. The second kappa shape index (κ2) is 18.1. The topological polar surface area (TPSA) is 128 Å². The van der Waals surface area contributed by atoms with E-state index in [0.717, 1.165) is 69.8 Å². The zero-order chi connectivity index (χ0) is 50.6. The lowest BCUT2D eigenvalue weighted by molar-refractivity contribution is -0.251. The fraction of sp³-hybridized carbons (Fsp3) is 0.783. The van der Waals surface area contributed by atoms with Gasteiger partial charge in [-0.25, -0.2) is 0 Å². The lowest BCUT2D eigenvalue weighted by Crippen LogP contribution is -2.68. The summed E-state index contributed by atoms with van der Waals surface area (Å²) in [6, 6.07) is 9.66. The summed E-state index contributed by atoms with van der Waals surface area (Å²) in [5.41, 5.74) is 0.857. The molecule has 1 N–H and O–H groups in total. The molecular formula is C60H88N2O8. The Bertz CT molecular complexity index is 2230. The monoisotopic (exact) mass is 965 g/mol. The molecule has 0 bridgehead atoms. The smallest absolute Gasteiger partial charge is 0.309 e. The molecule has 10 heteroatoms. The molecule has 3 unspecified atom stereocenters. The maximum absolute atomic E-state index is 15.2. The lowest BCUT2D eigenvalue weighted by Gasteiger charge is -2.73. The molecule has 1 heterocycles. The van der Waals surface area contributed by atoms with Crippen LogP contribution in [0.2, 0.25) is 0 Å². The van der Waals surface area contributed by atoms with Crippen molar-refractivity contribution >= 4 is 29.7 Å². The van der Waals surface area contributed by atoms with Gasteiger partial charge in [-0.05, 0) is 166 Å². The zero-order valence-electron chi connectivity index (χ0n) is 44.9. The third kappa shape index (κ3) is 7.84. The number of allylic oxidation sites excluding steroid dienone is 1. The number of ether oxygens (including phenoxy) is 3. The van der Waals surface area contributed by atoms with Crippen LogP contribution in [0.1, 0.15) is 172 Å². The summed E-state index contributed by atoms with van der Waals surface area (Å²) in [5, 5.41) is 3.64. The maximum atomic E-state index is 15.2. The van der Waals surface area contributed by atoms with Gasteiger partial charge in [0.1, 0.15) is 12.7 Å². The number of carbonyl (C=O) groups excluding carboxylic acids is 5. The predicted octanol–water partition coefficient (Wildman–Crippen LogP) is 11.3. The number of esters is 3. The molecule has 0 aromatic heterocycles. The number of hydrogen-bond donors (Lipinski definition) is 1. The second-order valence-corrected chi connectivity index (χ2v) is 26.9. The summed E-state index contributed by atoms with van der Waals surface area (Å²) in [6.45, 7) is 31.3. The van der Waals surface area contributed by atoms with Crippen LogP contribution in [0.4, 0.5) is 0 Å². The quantitative estimate of drug-likeness (QED) is 0.132. The van der Waals surface area contributed by atoms with E-state index in [9.17, 15) is 19.2 Å². The number of fused-ring (bicyclic) bond motifs is 7. The Labute approximate surface area is 420 Å². The highest BCUT2D eigenvalue weighted by molar-refractivity contribution is 5.86. The Morgan fingerprint density at radius 2 is 1.36 bits per heavy atom. The van der Waals surface area contributed by atoms with Crippen molar-refractivity contribution in [3.63, 3.8) is 0 Å². The van der Waals surface area contributed by atoms with Crippen LogP contribution in [-0.2, 0) is 44.8 Å². The van der Waals surface area contributed by atoms with Gasteiger partial charge in [-0.1, -0.05) is 105 Å². The van der Waals surface area contributed by atoms with Crippen LogP contribution in [0.5, 0.6) is 0 Å². The Morgan fingerprint density at radius 3 is 2.00 bits per heavy atom. The predicted molar refractivity (Wildman–Crippen MR) is 270 cm³/mol. The van der Waals surface area contributed by atoms with E-state index in [-0.39, 0.29) is 105 Å². The van der Waals surface area contributed by atoms with Gasteiger partial charge < -0.3 is 24.4 Å². The highest BCUT2D eigenvalue weighted by Crippen LogP contribution is 2.78. The van der Waals surface area contributed by atoms with Gasteiger partial charge in [0.2, 0.25) is 11.8 Å². The average Bonchev–Trinajstić information content (AvgIpc) is 3.72. The minimum absolute atomic E-state index is 0.0619. The Kier molecular flexibility index (Phi) is 13.2. The molecule has 0 spiro atoms. The highest BCUT2D eigenvalue weighted by atomic mass is 16.5. The van der Waals surface area contributed by atoms with Crippen molar-refractivity contribution in [1.29, 1.82) is 0 Å². The minimum Gasteiger partial charge on any atom is -0.466 e. The summed E-state index contributed by atoms with van der Waals surface area (Å²) < 4.78 is 17.6. The number of nitrogens with zero attached hydrogens (tertiary/aromatic N) is 1. The average molecular weight is 965 g/mol. The first kappa shape index (κ1) is 51.2. The summed E-state index contributed by atoms with van der Waals surface area (Å²) in [6.07, 6.45) is 12.4. The van der Waals surface area contributed by atoms with Gasteiger partial charge in [-0.3, -0.25) is 24.0 Å². The van der Waals surface area contributed by atoms with E-state index in [4.69, 9.17) is 14.2 Å². The van der Waals surface area contributed by atoms with Gasteiger partial charge >= 0.3 is 17.9 Å². The largest absolute Gasteiger partial charge is 0.466 e. The van der Waals surface area contributed by atoms with Crippen LogP contribution < -0.4 is 5.32 Å². The molecule has 1 aromatic rings. The summed E-state index contributed by atoms with van der Waals surface area (Å²) in [4.78, 5) is 70.9. The SMILES string of the molecule is C=C(C)C1CC[C@]2(C(=O)NC3CC(C(=O)N4CCC(C(=O)OCC)CC4)C3(C)C)CC[C@]3(C)[C@H](CC[C@@H]4[C@@]5(C)CC[C@H](OC(=O)[C@H]6C[C@@H](C(=O)OCc7ccccc7)C6(C)C)C(C)(C)[C@@H]5CC[C@]43C)[C@@H]12. The Balaban J connectivity index is 0.856. The summed E-state index contributed by atoms with van der Waals surface area (Å²) >= 11 is 0. The minimum atomic E-state index is -0.538. The van der Waals surface area contributed by atoms with Gasteiger partial charge in [0, 0.05) is 30.5 Å². The lowest BCUT2D eigenvalue weighted by atomic mass is 9.32. The maximum Gasteiger partial charge on any atom is 0.309 e. The van der Waals surface area contributed by atoms with Crippen molar-refractivity contribution < 1.29 is 38.2 Å². The Morgan fingerprint density at radius 1 is 0.671 bits per heavy atom. The molecule has 0 radical (unpaired) electrons. The first-order valence-corrected chi connectivity index (χ1v) is 27.7. The van der Waals surface area contributed by atoms with Crippen molar-refractivity contribution in [3.8, 4) is 0 Å². The van der Waals surface area contributed by atoms with Crippen LogP contribution in [0, 0.1) is 91.2 Å².